The summed E-state index contributed by atoms with van der Waals surface area (Å²) in [5.74, 6) is 1.50. The molecule has 0 atom stereocenters. The van der Waals surface area contributed by atoms with E-state index in [1.165, 1.54) is 0 Å². The largest absolute Gasteiger partial charge is 0.496 e. The van der Waals surface area contributed by atoms with E-state index < -0.39 is 0 Å². The van der Waals surface area contributed by atoms with Crippen LogP contribution in [0.3, 0.4) is 0 Å². The molecule has 2 heterocycles. The topological polar surface area (TPSA) is 73.1 Å². The molecule has 1 amide bonds. The molecule has 26 heavy (non-hydrogen) atoms. The van der Waals surface area contributed by atoms with Gasteiger partial charge in [0.05, 0.1) is 18.4 Å². The summed E-state index contributed by atoms with van der Waals surface area (Å²) in [7, 11) is 1.61. The average molecular weight is 349 g/mol. The monoisotopic (exact) mass is 349 g/mol. The number of amides is 1. The second kappa shape index (κ2) is 6.92. The minimum absolute atomic E-state index is 0.344. The number of hydrogen-bond acceptors (Lipinski definition) is 5. The number of azo groups is 1. The Kier molecular flexibility index (Phi) is 4.67. The van der Waals surface area contributed by atoms with Gasteiger partial charge in [0.15, 0.2) is 0 Å². The molecule has 0 spiro atoms. The molecule has 1 aliphatic heterocycles. The van der Waals surface area contributed by atoms with Crippen LogP contribution in [-0.2, 0) is 4.79 Å². The smallest absolute Gasteiger partial charge is 0.291 e. The number of pyridine rings is 1. The van der Waals surface area contributed by atoms with Crippen LogP contribution in [0.15, 0.2) is 58.5 Å². The molecule has 0 N–H and O–H groups in total. The average Bonchev–Trinajstić information content (AvgIpc) is 2.62. The van der Waals surface area contributed by atoms with Crippen LogP contribution in [0.25, 0.3) is 5.57 Å². The molecule has 0 bridgehead atoms. The van der Waals surface area contributed by atoms with Crippen molar-refractivity contribution in [1.82, 2.24) is 4.98 Å². The highest BCUT2D eigenvalue weighted by Gasteiger charge is 2.21. The van der Waals surface area contributed by atoms with Crippen molar-refractivity contribution in [3.8, 4) is 17.4 Å². The number of ether oxygens (including phenoxy) is 2. The molecular formula is C20H19N3O3. The summed E-state index contributed by atoms with van der Waals surface area (Å²) in [6.45, 7) is 9.45. The molecular weight excluding hydrogens is 330 g/mol. The van der Waals surface area contributed by atoms with Crippen molar-refractivity contribution in [1.29, 1.82) is 0 Å². The molecule has 132 valence electrons. The molecule has 6 heteroatoms. The first-order chi connectivity index (χ1) is 12.4. The van der Waals surface area contributed by atoms with Gasteiger partial charge >= 0.3 is 0 Å². The van der Waals surface area contributed by atoms with Crippen molar-refractivity contribution in [2.45, 2.75) is 20.8 Å². The number of hydrogen-bond donors (Lipinski definition) is 0. The number of aryl methyl sites for hydroxylation is 1. The molecule has 0 aliphatic carbocycles. The van der Waals surface area contributed by atoms with Gasteiger partial charge in [-0.05, 0) is 50.1 Å². The predicted molar refractivity (Wildman–Crippen MR) is 98.4 cm³/mol. The van der Waals surface area contributed by atoms with E-state index in [2.05, 4.69) is 21.8 Å². The fraction of sp³-hybridized carbons (Fsp3) is 0.200. The van der Waals surface area contributed by atoms with E-state index in [1.807, 2.05) is 32.0 Å². The zero-order valence-electron chi connectivity index (χ0n) is 15.2. The van der Waals surface area contributed by atoms with E-state index in [0.717, 1.165) is 16.7 Å². The molecule has 2 aromatic rings. The highest BCUT2D eigenvalue weighted by atomic mass is 16.5. The molecule has 3 rings (SSSR count). The number of carbonyl (C=O) groups excluding carboxylic acids is 1. The normalized spacial score (nSPS) is 14.0. The molecule has 1 aromatic heterocycles. The minimum Gasteiger partial charge on any atom is -0.496 e. The van der Waals surface area contributed by atoms with E-state index in [4.69, 9.17) is 9.47 Å². The number of benzene rings is 1. The Morgan fingerprint density at radius 2 is 1.85 bits per heavy atom. The van der Waals surface area contributed by atoms with Crippen LogP contribution in [0.5, 0.6) is 17.4 Å². The fourth-order valence-electron chi connectivity index (χ4n) is 2.83. The van der Waals surface area contributed by atoms with Gasteiger partial charge in [-0.1, -0.05) is 12.6 Å². The number of carbonyl (C=O) groups is 1. The first kappa shape index (κ1) is 17.5. The Labute approximate surface area is 151 Å². The van der Waals surface area contributed by atoms with Crippen LogP contribution in [0.2, 0.25) is 0 Å². The van der Waals surface area contributed by atoms with Crippen LogP contribution in [-0.4, -0.2) is 18.0 Å². The SMILES string of the molecule is C=C1N=NC(=O)C(C)=C1c1ccc(Oc2nccc(OC)c2C)cc1C. The number of rotatable bonds is 4. The van der Waals surface area contributed by atoms with Crippen molar-refractivity contribution < 1.29 is 14.3 Å². The fourth-order valence-corrected chi connectivity index (χ4v) is 2.83. The summed E-state index contributed by atoms with van der Waals surface area (Å²) in [6.07, 6.45) is 1.64. The summed E-state index contributed by atoms with van der Waals surface area (Å²) >= 11 is 0. The van der Waals surface area contributed by atoms with Gasteiger partial charge in [-0.15, -0.1) is 10.2 Å². The van der Waals surface area contributed by atoms with E-state index in [0.29, 0.717) is 34.2 Å². The Balaban J connectivity index is 1.95. The third-order valence-corrected chi connectivity index (χ3v) is 4.26. The van der Waals surface area contributed by atoms with Crippen molar-refractivity contribution in [3.63, 3.8) is 0 Å². The van der Waals surface area contributed by atoms with E-state index in [-0.39, 0.29) is 5.91 Å². The molecule has 6 nitrogen and oxygen atoms in total. The van der Waals surface area contributed by atoms with Crippen molar-refractivity contribution in [2.24, 2.45) is 10.2 Å². The predicted octanol–water partition coefficient (Wildman–Crippen LogP) is 4.78. The number of nitrogens with zero attached hydrogens (tertiary/aromatic N) is 3. The zero-order valence-corrected chi connectivity index (χ0v) is 15.2. The maximum atomic E-state index is 11.8. The van der Waals surface area contributed by atoms with Gasteiger partial charge in [0.1, 0.15) is 11.5 Å². The molecule has 0 saturated heterocycles. The third-order valence-electron chi connectivity index (χ3n) is 4.26. The summed E-state index contributed by atoms with van der Waals surface area (Å²) in [4.78, 5) is 16.1. The van der Waals surface area contributed by atoms with Crippen molar-refractivity contribution in [2.75, 3.05) is 7.11 Å². The number of methoxy groups -OCH3 is 1. The van der Waals surface area contributed by atoms with Gasteiger partial charge in [-0.2, -0.15) is 0 Å². The zero-order chi connectivity index (χ0) is 18.8. The first-order valence-electron chi connectivity index (χ1n) is 8.07. The van der Waals surface area contributed by atoms with Crippen LogP contribution in [0, 0.1) is 13.8 Å². The standard InChI is InChI=1S/C20H19N3O3/c1-11-10-15(26-20-12(2)17(25-5)8-9-21-20)6-7-16(11)18-13(3)19(24)23-22-14(18)4/h6-10H,4H2,1-3,5H3. The minimum atomic E-state index is -0.344. The molecule has 0 saturated carbocycles. The Hall–Kier alpha value is -3.28. The van der Waals surface area contributed by atoms with E-state index in [9.17, 15) is 4.79 Å². The van der Waals surface area contributed by atoms with E-state index >= 15 is 0 Å². The Morgan fingerprint density at radius 1 is 1.08 bits per heavy atom. The van der Waals surface area contributed by atoms with Gasteiger partial charge in [0, 0.05) is 17.3 Å². The lowest BCUT2D eigenvalue weighted by molar-refractivity contribution is -0.114. The van der Waals surface area contributed by atoms with Crippen molar-refractivity contribution >= 4 is 11.5 Å². The third kappa shape index (κ3) is 3.13. The van der Waals surface area contributed by atoms with Gasteiger partial charge < -0.3 is 9.47 Å². The second-order valence-electron chi connectivity index (χ2n) is 5.97. The highest BCUT2D eigenvalue weighted by Crippen LogP contribution is 2.35. The molecule has 0 radical (unpaired) electrons. The summed E-state index contributed by atoms with van der Waals surface area (Å²) in [5, 5.41) is 7.43. The first-order valence-corrected chi connectivity index (χ1v) is 8.07. The lowest BCUT2D eigenvalue weighted by Crippen LogP contribution is -2.06. The lowest BCUT2D eigenvalue weighted by Gasteiger charge is -2.17. The summed E-state index contributed by atoms with van der Waals surface area (Å²) in [6, 6.07) is 7.39. The molecule has 0 unspecified atom stereocenters. The van der Waals surface area contributed by atoms with E-state index in [1.54, 1.807) is 26.3 Å². The summed E-state index contributed by atoms with van der Waals surface area (Å²) in [5.41, 5.74) is 4.36. The maximum absolute atomic E-state index is 11.8. The van der Waals surface area contributed by atoms with Crippen LogP contribution in [0.1, 0.15) is 23.6 Å². The molecule has 1 aromatic carbocycles. The van der Waals surface area contributed by atoms with Gasteiger partial charge in [0.2, 0.25) is 5.88 Å². The Bertz CT molecular complexity index is 974. The van der Waals surface area contributed by atoms with Crippen LogP contribution < -0.4 is 9.47 Å². The quantitative estimate of drug-likeness (QED) is 0.796. The molecule has 0 fully saturated rings. The van der Waals surface area contributed by atoms with Gasteiger partial charge in [-0.3, -0.25) is 4.79 Å². The van der Waals surface area contributed by atoms with Crippen LogP contribution >= 0.6 is 0 Å². The number of allylic oxidation sites excluding steroid dienone is 1. The lowest BCUT2D eigenvalue weighted by atomic mass is 9.93. The van der Waals surface area contributed by atoms with Gasteiger partial charge in [0.25, 0.3) is 5.91 Å². The molecule has 1 aliphatic rings. The van der Waals surface area contributed by atoms with Crippen molar-refractivity contribution in [3.05, 3.63) is 65.0 Å². The Morgan fingerprint density at radius 3 is 2.54 bits per heavy atom. The van der Waals surface area contributed by atoms with Crippen LogP contribution in [0.4, 0.5) is 0 Å². The summed E-state index contributed by atoms with van der Waals surface area (Å²) < 4.78 is 11.2. The second-order valence-corrected chi connectivity index (χ2v) is 5.97. The maximum Gasteiger partial charge on any atom is 0.291 e. The number of aromatic nitrogens is 1. The highest BCUT2D eigenvalue weighted by molar-refractivity contribution is 6.05. The van der Waals surface area contributed by atoms with Gasteiger partial charge in [-0.25, -0.2) is 4.98 Å².